The molecule has 0 amide bonds. The van der Waals surface area contributed by atoms with Crippen LogP contribution in [0.15, 0.2) is 4.52 Å². The van der Waals surface area contributed by atoms with Crippen molar-refractivity contribution in [1.29, 1.82) is 0 Å². The molecule has 1 aromatic heterocycles. The van der Waals surface area contributed by atoms with Gasteiger partial charge in [0.25, 0.3) is 0 Å². The molecule has 0 aliphatic carbocycles. The molecular weight excluding hydrogens is 240 g/mol. The molecule has 0 saturated carbocycles. The van der Waals surface area contributed by atoms with E-state index in [0.29, 0.717) is 18.0 Å². The van der Waals surface area contributed by atoms with Gasteiger partial charge in [-0.1, -0.05) is 25.9 Å². The fourth-order valence-electron chi connectivity index (χ4n) is 2.69. The predicted molar refractivity (Wildman–Crippen MR) is 75.0 cm³/mol. The SMILES string of the molecule is CCC1CNC(C(C)C)CN1CCc1nc(C)no1. The zero-order valence-electron chi connectivity index (χ0n) is 12.5. The number of aryl methyl sites for hydroxylation is 1. The van der Waals surface area contributed by atoms with E-state index >= 15 is 0 Å². The lowest BCUT2D eigenvalue weighted by molar-refractivity contribution is 0.109. The van der Waals surface area contributed by atoms with E-state index in [1.54, 1.807) is 0 Å². The van der Waals surface area contributed by atoms with Gasteiger partial charge in [0, 0.05) is 38.1 Å². The summed E-state index contributed by atoms with van der Waals surface area (Å²) in [4.78, 5) is 6.85. The van der Waals surface area contributed by atoms with E-state index in [1.807, 2.05) is 6.92 Å². The van der Waals surface area contributed by atoms with Crippen molar-refractivity contribution in [3.05, 3.63) is 11.7 Å². The van der Waals surface area contributed by atoms with Crippen LogP contribution < -0.4 is 5.32 Å². The monoisotopic (exact) mass is 266 g/mol. The first-order chi connectivity index (χ1) is 9.10. The second-order valence-corrected chi connectivity index (χ2v) is 5.80. The summed E-state index contributed by atoms with van der Waals surface area (Å²) in [6.07, 6.45) is 2.03. The molecule has 108 valence electrons. The summed E-state index contributed by atoms with van der Waals surface area (Å²) in [5, 5.41) is 7.50. The number of piperazine rings is 1. The first-order valence-electron chi connectivity index (χ1n) is 7.36. The van der Waals surface area contributed by atoms with Gasteiger partial charge in [-0.25, -0.2) is 0 Å². The van der Waals surface area contributed by atoms with Crippen molar-refractivity contribution < 1.29 is 4.52 Å². The molecule has 2 atom stereocenters. The van der Waals surface area contributed by atoms with Crippen molar-refractivity contribution in [1.82, 2.24) is 20.4 Å². The predicted octanol–water partition coefficient (Wildman–Crippen LogP) is 1.63. The highest BCUT2D eigenvalue weighted by molar-refractivity contribution is 4.90. The molecule has 1 saturated heterocycles. The average Bonchev–Trinajstić information content (AvgIpc) is 2.81. The van der Waals surface area contributed by atoms with Crippen LogP contribution in [0.25, 0.3) is 0 Å². The second kappa shape index (κ2) is 6.48. The summed E-state index contributed by atoms with van der Waals surface area (Å²) >= 11 is 0. The van der Waals surface area contributed by atoms with Gasteiger partial charge in [-0.2, -0.15) is 4.98 Å². The van der Waals surface area contributed by atoms with Crippen LogP contribution in [0.5, 0.6) is 0 Å². The van der Waals surface area contributed by atoms with Gasteiger partial charge in [-0.15, -0.1) is 0 Å². The van der Waals surface area contributed by atoms with Crippen LogP contribution in [0.2, 0.25) is 0 Å². The maximum atomic E-state index is 5.20. The lowest BCUT2D eigenvalue weighted by Gasteiger charge is -2.41. The maximum absolute atomic E-state index is 5.20. The molecule has 0 aromatic carbocycles. The van der Waals surface area contributed by atoms with Crippen LogP contribution in [0.3, 0.4) is 0 Å². The van der Waals surface area contributed by atoms with E-state index in [9.17, 15) is 0 Å². The third kappa shape index (κ3) is 3.76. The van der Waals surface area contributed by atoms with E-state index in [0.717, 1.165) is 37.8 Å². The van der Waals surface area contributed by atoms with E-state index in [4.69, 9.17) is 4.52 Å². The van der Waals surface area contributed by atoms with Crippen LogP contribution in [-0.4, -0.2) is 46.8 Å². The Labute approximate surface area is 115 Å². The van der Waals surface area contributed by atoms with Crippen molar-refractivity contribution in [2.75, 3.05) is 19.6 Å². The zero-order chi connectivity index (χ0) is 13.8. The van der Waals surface area contributed by atoms with Crippen molar-refractivity contribution in [3.8, 4) is 0 Å². The Kier molecular flexibility index (Phi) is 4.93. The minimum atomic E-state index is 0.590. The lowest BCUT2D eigenvalue weighted by Crippen LogP contribution is -2.58. The van der Waals surface area contributed by atoms with E-state index in [1.165, 1.54) is 6.42 Å². The molecule has 1 aliphatic heterocycles. The van der Waals surface area contributed by atoms with Crippen molar-refractivity contribution in [2.24, 2.45) is 5.92 Å². The van der Waals surface area contributed by atoms with Crippen LogP contribution >= 0.6 is 0 Å². The van der Waals surface area contributed by atoms with Crippen molar-refractivity contribution >= 4 is 0 Å². The smallest absolute Gasteiger partial charge is 0.227 e. The van der Waals surface area contributed by atoms with Crippen LogP contribution in [0.1, 0.15) is 38.9 Å². The number of aromatic nitrogens is 2. The number of hydrogen-bond acceptors (Lipinski definition) is 5. The third-order valence-electron chi connectivity index (χ3n) is 4.02. The fraction of sp³-hybridized carbons (Fsp3) is 0.857. The number of nitrogens with zero attached hydrogens (tertiary/aromatic N) is 3. The molecule has 5 nitrogen and oxygen atoms in total. The van der Waals surface area contributed by atoms with Gasteiger partial charge < -0.3 is 9.84 Å². The normalized spacial score (nSPS) is 25.1. The molecule has 5 heteroatoms. The molecule has 1 aromatic rings. The maximum Gasteiger partial charge on any atom is 0.227 e. The lowest BCUT2D eigenvalue weighted by atomic mass is 9.98. The minimum Gasteiger partial charge on any atom is -0.339 e. The highest BCUT2D eigenvalue weighted by Gasteiger charge is 2.28. The number of rotatable bonds is 5. The highest BCUT2D eigenvalue weighted by Crippen LogP contribution is 2.15. The van der Waals surface area contributed by atoms with E-state index in [-0.39, 0.29) is 0 Å². The Balaban J connectivity index is 1.91. The Morgan fingerprint density at radius 1 is 1.47 bits per heavy atom. The first-order valence-corrected chi connectivity index (χ1v) is 7.36. The number of nitrogens with one attached hydrogen (secondary N) is 1. The molecular formula is C14H26N4O. The molecule has 2 rings (SSSR count). The highest BCUT2D eigenvalue weighted by atomic mass is 16.5. The topological polar surface area (TPSA) is 54.2 Å². The molecule has 1 N–H and O–H groups in total. The summed E-state index contributed by atoms with van der Waals surface area (Å²) in [6.45, 7) is 11.9. The standard InChI is InChI=1S/C14H26N4O/c1-5-12-8-15-13(10(2)3)9-18(12)7-6-14-16-11(4)17-19-14/h10,12-13,15H,5-9H2,1-4H3. The largest absolute Gasteiger partial charge is 0.339 e. The van der Waals surface area contributed by atoms with Crippen LogP contribution in [0.4, 0.5) is 0 Å². The van der Waals surface area contributed by atoms with Gasteiger partial charge in [0.1, 0.15) is 0 Å². The van der Waals surface area contributed by atoms with Crippen LogP contribution in [-0.2, 0) is 6.42 Å². The van der Waals surface area contributed by atoms with Gasteiger partial charge in [0.2, 0.25) is 5.89 Å². The molecule has 0 bridgehead atoms. The summed E-state index contributed by atoms with van der Waals surface area (Å²) in [5.41, 5.74) is 0. The van der Waals surface area contributed by atoms with Gasteiger partial charge in [-0.05, 0) is 19.3 Å². The average molecular weight is 266 g/mol. The Morgan fingerprint density at radius 3 is 2.84 bits per heavy atom. The fourth-order valence-corrected chi connectivity index (χ4v) is 2.69. The van der Waals surface area contributed by atoms with E-state index < -0.39 is 0 Å². The Morgan fingerprint density at radius 2 is 2.26 bits per heavy atom. The van der Waals surface area contributed by atoms with E-state index in [2.05, 4.69) is 41.1 Å². The molecule has 19 heavy (non-hydrogen) atoms. The molecule has 2 heterocycles. The van der Waals surface area contributed by atoms with Gasteiger partial charge in [0.05, 0.1) is 0 Å². The molecule has 0 radical (unpaired) electrons. The molecule has 1 fully saturated rings. The van der Waals surface area contributed by atoms with Gasteiger partial charge in [-0.3, -0.25) is 4.90 Å². The number of hydrogen-bond donors (Lipinski definition) is 1. The zero-order valence-corrected chi connectivity index (χ0v) is 12.5. The Bertz CT molecular complexity index is 391. The van der Waals surface area contributed by atoms with Crippen LogP contribution in [0, 0.1) is 12.8 Å². The summed E-state index contributed by atoms with van der Waals surface area (Å²) in [5.74, 6) is 2.15. The summed E-state index contributed by atoms with van der Waals surface area (Å²) < 4.78 is 5.20. The van der Waals surface area contributed by atoms with Gasteiger partial charge >= 0.3 is 0 Å². The minimum absolute atomic E-state index is 0.590. The molecule has 1 aliphatic rings. The van der Waals surface area contributed by atoms with Crippen molar-refractivity contribution in [3.63, 3.8) is 0 Å². The van der Waals surface area contributed by atoms with Gasteiger partial charge in [0.15, 0.2) is 5.82 Å². The second-order valence-electron chi connectivity index (χ2n) is 5.80. The first kappa shape index (κ1) is 14.5. The third-order valence-corrected chi connectivity index (χ3v) is 4.02. The molecule has 2 unspecified atom stereocenters. The quantitative estimate of drug-likeness (QED) is 0.878. The molecule has 0 spiro atoms. The summed E-state index contributed by atoms with van der Waals surface area (Å²) in [6, 6.07) is 1.21. The van der Waals surface area contributed by atoms with Crippen molar-refractivity contribution in [2.45, 2.75) is 52.6 Å². The Hall–Kier alpha value is -0.940. The summed E-state index contributed by atoms with van der Waals surface area (Å²) in [7, 11) is 0.